The third kappa shape index (κ3) is 2.52. The highest BCUT2D eigenvalue weighted by atomic mass is 16.4. The molecule has 0 saturated carbocycles. The van der Waals surface area contributed by atoms with Crippen LogP contribution in [-0.2, 0) is 11.2 Å². The van der Waals surface area contributed by atoms with Crippen LogP contribution in [0.4, 0.5) is 11.4 Å². The third-order valence-corrected chi connectivity index (χ3v) is 2.93. The molecule has 1 aromatic carbocycles. The maximum atomic E-state index is 10.7. The summed E-state index contributed by atoms with van der Waals surface area (Å²) in [5.41, 5.74) is 2.97. The summed E-state index contributed by atoms with van der Waals surface area (Å²) >= 11 is 0. The van der Waals surface area contributed by atoms with Gasteiger partial charge in [-0.05, 0) is 31.5 Å². The number of rotatable bonds is 2. The highest BCUT2D eigenvalue weighted by molar-refractivity contribution is 5.77. The predicted molar refractivity (Wildman–Crippen MR) is 68.8 cm³/mol. The van der Waals surface area contributed by atoms with Crippen LogP contribution in [0.5, 0.6) is 0 Å². The highest BCUT2D eigenvalue weighted by Gasteiger charge is 2.27. The molecule has 0 aromatic heterocycles. The number of carboxylic acids is 1. The molecular weight excluding hydrogens is 216 g/mol. The molecule has 0 aliphatic carbocycles. The molecule has 0 unspecified atom stereocenters. The summed E-state index contributed by atoms with van der Waals surface area (Å²) in [6, 6.07) is 5.79. The number of likely N-dealkylation sites (N-methyl/N-ethyl adjacent to an activating group) is 1. The maximum absolute atomic E-state index is 10.7. The second kappa shape index (κ2) is 3.95. The molecule has 1 aliphatic rings. The van der Waals surface area contributed by atoms with Gasteiger partial charge in [0, 0.05) is 19.1 Å². The Morgan fingerprint density at radius 1 is 1.53 bits per heavy atom. The fourth-order valence-corrected chi connectivity index (χ4v) is 2.38. The molecule has 1 aromatic rings. The second-order valence-corrected chi connectivity index (χ2v) is 5.29. The summed E-state index contributed by atoms with van der Waals surface area (Å²) in [5, 5.41) is 12.2. The van der Waals surface area contributed by atoms with E-state index in [-0.39, 0.29) is 12.0 Å². The molecule has 0 atom stereocenters. The molecule has 17 heavy (non-hydrogen) atoms. The van der Waals surface area contributed by atoms with Crippen LogP contribution in [0.3, 0.4) is 0 Å². The van der Waals surface area contributed by atoms with E-state index in [1.807, 2.05) is 18.2 Å². The van der Waals surface area contributed by atoms with Gasteiger partial charge in [0.15, 0.2) is 0 Å². The Kier molecular flexibility index (Phi) is 2.73. The zero-order valence-electron chi connectivity index (χ0n) is 10.4. The molecule has 2 N–H and O–H groups in total. The van der Waals surface area contributed by atoms with Crippen LogP contribution >= 0.6 is 0 Å². The molecule has 1 aliphatic heterocycles. The smallest absolute Gasteiger partial charge is 0.307 e. The van der Waals surface area contributed by atoms with E-state index in [0.717, 1.165) is 23.5 Å². The van der Waals surface area contributed by atoms with Gasteiger partial charge in [-0.1, -0.05) is 6.07 Å². The first-order valence-corrected chi connectivity index (χ1v) is 5.71. The number of carboxylic acid groups (broad SMARTS) is 1. The fraction of sp³-hybridized carbons (Fsp3) is 0.462. The fourth-order valence-electron chi connectivity index (χ4n) is 2.38. The molecule has 4 nitrogen and oxygen atoms in total. The molecule has 92 valence electrons. The lowest BCUT2D eigenvalue weighted by Crippen LogP contribution is -2.46. The van der Waals surface area contributed by atoms with Crippen LogP contribution in [0.15, 0.2) is 18.2 Å². The quantitative estimate of drug-likeness (QED) is 0.821. The van der Waals surface area contributed by atoms with Crippen LogP contribution in [-0.4, -0.2) is 30.2 Å². The normalized spacial score (nSPS) is 17.2. The minimum absolute atomic E-state index is 0.00357. The third-order valence-electron chi connectivity index (χ3n) is 2.93. The van der Waals surface area contributed by atoms with E-state index in [2.05, 4.69) is 31.1 Å². The van der Waals surface area contributed by atoms with E-state index in [4.69, 9.17) is 5.11 Å². The zero-order chi connectivity index (χ0) is 12.6. The minimum Gasteiger partial charge on any atom is -0.481 e. The number of nitrogens with one attached hydrogen (secondary N) is 1. The first-order chi connectivity index (χ1) is 7.87. The lowest BCUT2D eigenvalue weighted by molar-refractivity contribution is -0.136. The first kappa shape index (κ1) is 11.8. The monoisotopic (exact) mass is 234 g/mol. The van der Waals surface area contributed by atoms with Gasteiger partial charge in [0.25, 0.3) is 0 Å². The van der Waals surface area contributed by atoms with Crippen molar-refractivity contribution < 1.29 is 9.90 Å². The zero-order valence-corrected chi connectivity index (χ0v) is 10.4. The van der Waals surface area contributed by atoms with Gasteiger partial charge in [-0.2, -0.15) is 0 Å². The maximum Gasteiger partial charge on any atom is 0.307 e. The molecule has 0 radical (unpaired) electrons. The Bertz CT molecular complexity index is 455. The largest absolute Gasteiger partial charge is 0.481 e. The summed E-state index contributed by atoms with van der Waals surface area (Å²) in [4.78, 5) is 12.9. The summed E-state index contributed by atoms with van der Waals surface area (Å²) in [6.07, 6.45) is 0.0686. The van der Waals surface area contributed by atoms with Gasteiger partial charge >= 0.3 is 5.97 Å². The van der Waals surface area contributed by atoms with E-state index >= 15 is 0 Å². The Balaban J connectivity index is 2.34. The van der Waals surface area contributed by atoms with Crippen LogP contribution in [0.1, 0.15) is 19.4 Å². The predicted octanol–water partition coefficient (Wildman–Crippen LogP) is 1.95. The molecule has 0 bridgehead atoms. The number of aliphatic carboxylic acids is 1. The lowest BCUT2D eigenvalue weighted by Gasteiger charge is -2.40. The van der Waals surface area contributed by atoms with Crippen molar-refractivity contribution in [1.82, 2.24) is 0 Å². The molecule has 0 amide bonds. The molecule has 1 heterocycles. The van der Waals surface area contributed by atoms with Gasteiger partial charge in [-0.25, -0.2) is 0 Å². The van der Waals surface area contributed by atoms with E-state index in [1.165, 1.54) is 0 Å². The van der Waals surface area contributed by atoms with Crippen molar-refractivity contribution in [1.29, 1.82) is 0 Å². The van der Waals surface area contributed by atoms with Gasteiger partial charge in [-0.15, -0.1) is 0 Å². The van der Waals surface area contributed by atoms with Crippen molar-refractivity contribution in [3.8, 4) is 0 Å². The van der Waals surface area contributed by atoms with Crippen LogP contribution < -0.4 is 10.2 Å². The van der Waals surface area contributed by atoms with Gasteiger partial charge < -0.3 is 15.3 Å². The SMILES string of the molecule is CN1CC(C)(C)Nc2cc(CC(=O)O)ccc21. The number of anilines is 2. The molecule has 0 saturated heterocycles. The van der Waals surface area contributed by atoms with E-state index in [1.54, 1.807) is 0 Å². The number of benzene rings is 1. The van der Waals surface area contributed by atoms with Crippen molar-refractivity contribution >= 4 is 17.3 Å². The Morgan fingerprint density at radius 2 is 2.24 bits per heavy atom. The standard InChI is InChI=1S/C13H18N2O2/c1-13(2)8-15(3)11-5-4-9(7-12(16)17)6-10(11)14-13/h4-6,14H,7-8H2,1-3H3,(H,16,17). The highest BCUT2D eigenvalue weighted by Crippen LogP contribution is 2.34. The number of nitrogens with zero attached hydrogens (tertiary/aromatic N) is 1. The van der Waals surface area contributed by atoms with Crippen molar-refractivity contribution in [2.75, 3.05) is 23.8 Å². The number of hydrogen-bond acceptors (Lipinski definition) is 3. The number of fused-ring (bicyclic) bond motifs is 1. The van der Waals surface area contributed by atoms with E-state index in [9.17, 15) is 4.79 Å². The molecule has 0 fully saturated rings. The number of carbonyl (C=O) groups is 1. The van der Waals surface area contributed by atoms with Crippen molar-refractivity contribution in [3.05, 3.63) is 23.8 Å². The van der Waals surface area contributed by atoms with Gasteiger partial charge in [0.1, 0.15) is 0 Å². The van der Waals surface area contributed by atoms with Crippen LogP contribution in [0.2, 0.25) is 0 Å². The van der Waals surface area contributed by atoms with E-state index < -0.39 is 5.97 Å². The van der Waals surface area contributed by atoms with Gasteiger partial charge in [0.2, 0.25) is 0 Å². The average Bonchev–Trinajstić information content (AvgIpc) is 2.13. The minimum atomic E-state index is -0.798. The molecular formula is C13H18N2O2. The average molecular weight is 234 g/mol. The Morgan fingerprint density at radius 3 is 2.88 bits per heavy atom. The van der Waals surface area contributed by atoms with E-state index in [0.29, 0.717) is 0 Å². The Hall–Kier alpha value is -1.71. The Labute approximate surface area is 101 Å². The topological polar surface area (TPSA) is 52.6 Å². The van der Waals surface area contributed by atoms with Crippen LogP contribution in [0.25, 0.3) is 0 Å². The lowest BCUT2D eigenvalue weighted by atomic mass is 9.98. The molecule has 4 heteroatoms. The molecule has 0 spiro atoms. The summed E-state index contributed by atoms with van der Waals surface area (Å²) in [5.74, 6) is -0.798. The second-order valence-electron chi connectivity index (χ2n) is 5.29. The number of hydrogen-bond donors (Lipinski definition) is 2. The van der Waals surface area contributed by atoms with Crippen molar-refractivity contribution in [3.63, 3.8) is 0 Å². The summed E-state index contributed by atoms with van der Waals surface area (Å²) in [6.45, 7) is 5.20. The first-order valence-electron chi connectivity index (χ1n) is 5.71. The molecule has 2 rings (SSSR count). The van der Waals surface area contributed by atoms with Crippen molar-refractivity contribution in [2.24, 2.45) is 0 Å². The van der Waals surface area contributed by atoms with Gasteiger partial charge in [-0.3, -0.25) is 4.79 Å². The van der Waals surface area contributed by atoms with Gasteiger partial charge in [0.05, 0.1) is 17.8 Å². The van der Waals surface area contributed by atoms with Crippen molar-refractivity contribution in [2.45, 2.75) is 25.8 Å². The van der Waals surface area contributed by atoms with Crippen LogP contribution in [0, 0.1) is 0 Å². The summed E-state index contributed by atoms with van der Waals surface area (Å²) in [7, 11) is 2.05. The summed E-state index contributed by atoms with van der Waals surface area (Å²) < 4.78 is 0.